The molecule has 2 aliphatic rings. The minimum absolute atomic E-state index is 0.0205. The van der Waals surface area contributed by atoms with E-state index in [2.05, 4.69) is 36.0 Å². The topological polar surface area (TPSA) is 188 Å². The molecule has 6 N–H and O–H groups in total. The first kappa shape index (κ1) is 21.1. The number of nitrogens with two attached hydrogens (primary N) is 1. The Balaban J connectivity index is 1.92. The van der Waals surface area contributed by atoms with Crippen molar-refractivity contribution in [2.75, 3.05) is 44.2 Å². The molecule has 2 saturated heterocycles. The number of primary sulfonamides is 1. The molecule has 0 spiro atoms. The second-order valence-corrected chi connectivity index (χ2v) is 10.3. The fourth-order valence-corrected chi connectivity index (χ4v) is 6.62. The maximum absolute atomic E-state index is 13.1. The molecule has 1 atom stereocenters. The third-order valence-corrected chi connectivity index (χ3v) is 7.78. The zero-order valence-corrected chi connectivity index (χ0v) is 17.6. The van der Waals surface area contributed by atoms with Gasteiger partial charge in [0.15, 0.2) is 5.82 Å². The van der Waals surface area contributed by atoms with Crippen LogP contribution >= 0.6 is 0 Å². The lowest BCUT2D eigenvalue weighted by atomic mass is 10.1. The molecule has 2 aromatic rings. The van der Waals surface area contributed by atoms with Crippen molar-refractivity contribution < 1.29 is 16.8 Å². The lowest BCUT2D eigenvalue weighted by Gasteiger charge is -2.31. The molecule has 0 amide bonds. The Labute approximate surface area is 173 Å². The molecule has 0 saturated carbocycles. The monoisotopic (exact) mass is 457 g/mol. The van der Waals surface area contributed by atoms with E-state index in [0.29, 0.717) is 51.4 Å². The number of hydrogen-bond donors (Lipinski definition) is 5. The molecule has 2 fully saturated rings. The van der Waals surface area contributed by atoms with E-state index in [1.165, 1.54) is 6.07 Å². The maximum atomic E-state index is 13.1. The van der Waals surface area contributed by atoms with Gasteiger partial charge in [-0.15, -0.1) is 5.10 Å². The Morgan fingerprint density at radius 2 is 1.87 bits per heavy atom. The highest BCUT2D eigenvalue weighted by molar-refractivity contribution is 7.92. The predicted molar refractivity (Wildman–Crippen MR) is 108 cm³/mol. The van der Waals surface area contributed by atoms with Crippen molar-refractivity contribution in [2.24, 2.45) is 5.14 Å². The van der Waals surface area contributed by atoms with Gasteiger partial charge in [0.2, 0.25) is 20.0 Å². The summed E-state index contributed by atoms with van der Waals surface area (Å²) in [6.07, 6.45) is 0.599. The number of rotatable bonds is 6. The number of tetrazole rings is 1. The van der Waals surface area contributed by atoms with Crippen LogP contribution in [0.4, 0.5) is 5.69 Å². The quantitative estimate of drug-likeness (QED) is 0.312. The number of benzene rings is 1. The van der Waals surface area contributed by atoms with Gasteiger partial charge in [-0.3, -0.25) is 0 Å². The van der Waals surface area contributed by atoms with Crippen molar-refractivity contribution in [1.82, 2.24) is 36.0 Å². The molecule has 0 bridgehead atoms. The third-order valence-electron chi connectivity index (χ3n) is 5.10. The van der Waals surface area contributed by atoms with Crippen LogP contribution in [0.15, 0.2) is 21.9 Å². The average Bonchev–Trinajstić information content (AvgIpc) is 3.40. The highest BCUT2D eigenvalue weighted by Gasteiger charge is 2.34. The fraction of sp³-hybridized carbons (Fsp3) is 0.533. The Kier molecular flexibility index (Phi) is 5.73. The number of aromatic nitrogens is 4. The largest absolute Gasteiger partial charge is 0.368 e. The smallest absolute Gasteiger partial charge is 0.242 e. The number of hydrogen-bond acceptors (Lipinski definition) is 10. The van der Waals surface area contributed by atoms with Crippen LogP contribution in [0.25, 0.3) is 11.4 Å². The summed E-state index contributed by atoms with van der Waals surface area (Å²) in [6, 6.07) is 2.50. The molecule has 0 unspecified atom stereocenters. The molecule has 0 aliphatic carbocycles. The Hall–Kier alpha value is -2.17. The van der Waals surface area contributed by atoms with Crippen LogP contribution in [0.3, 0.4) is 0 Å². The van der Waals surface area contributed by atoms with Gasteiger partial charge in [-0.05, 0) is 35.5 Å². The van der Waals surface area contributed by atoms with Crippen molar-refractivity contribution in [3.63, 3.8) is 0 Å². The second kappa shape index (κ2) is 8.16. The van der Waals surface area contributed by atoms with Gasteiger partial charge < -0.3 is 15.5 Å². The molecule has 1 aromatic carbocycles. The number of nitrogens with zero attached hydrogens (tertiary/aromatic N) is 4. The molecule has 0 radical (unpaired) electrons. The highest BCUT2D eigenvalue weighted by atomic mass is 32.2. The number of piperazine rings is 1. The van der Waals surface area contributed by atoms with Crippen molar-refractivity contribution in [2.45, 2.75) is 22.3 Å². The van der Waals surface area contributed by atoms with Crippen LogP contribution < -0.4 is 25.4 Å². The van der Waals surface area contributed by atoms with E-state index in [9.17, 15) is 16.8 Å². The SMILES string of the molecule is NS(=O)(=O)c1c(S(=O)(=O)N[C@@H]2CCNC2)ccc(N2CCNCC2)c1-c1nnn[nH]1. The molecular formula is C15H23N9O4S2. The lowest BCUT2D eigenvalue weighted by Crippen LogP contribution is -2.44. The van der Waals surface area contributed by atoms with E-state index in [4.69, 9.17) is 5.14 Å². The van der Waals surface area contributed by atoms with Crippen molar-refractivity contribution in [3.05, 3.63) is 12.1 Å². The molecule has 4 rings (SSSR count). The summed E-state index contributed by atoms with van der Waals surface area (Å²) in [5, 5.41) is 25.2. The summed E-state index contributed by atoms with van der Waals surface area (Å²) in [6.45, 7) is 3.70. The molecule has 164 valence electrons. The van der Waals surface area contributed by atoms with Crippen LogP contribution in [0.1, 0.15) is 6.42 Å². The summed E-state index contributed by atoms with van der Waals surface area (Å²) >= 11 is 0. The number of nitrogens with one attached hydrogen (secondary N) is 4. The standard InChI is InChI=1S/C15H23N9O4S2/c16-29(25,26)14-12(30(27,28)21-10-3-4-18-9-10)2-1-11(24-7-5-17-6-8-24)13(14)15-19-22-23-20-15/h1-2,10,17-18,21H,3-9H2,(H2,16,25,26)(H,19,20,22,23)/t10-/m1/s1. The molecule has 2 aliphatic heterocycles. The van der Waals surface area contributed by atoms with Crippen LogP contribution in [-0.2, 0) is 20.0 Å². The first-order chi connectivity index (χ1) is 14.3. The van der Waals surface area contributed by atoms with Crippen molar-refractivity contribution in [1.29, 1.82) is 0 Å². The van der Waals surface area contributed by atoms with Gasteiger partial charge in [-0.25, -0.2) is 31.8 Å². The Morgan fingerprint density at radius 3 is 2.47 bits per heavy atom. The van der Waals surface area contributed by atoms with E-state index < -0.39 is 29.8 Å². The minimum Gasteiger partial charge on any atom is -0.368 e. The van der Waals surface area contributed by atoms with Gasteiger partial charge in [-0.2, -0.15) is 0 Å². The number of anilines is 1. The second-order valence-electron chi connectivity index (χ2n) is 7.13. The maximum Gasteiger partial charge on any atom is 0.242 e. The average molecular weight is 458 g/mol. The zero-order chi connectivity index (χ0) is 21.4. The molecular weight excluding hydrogens is 434 g/mol. The van der Waals surface area contributed by atoms with Gasteiger partial charge >= 0.3 is 0 Å². The van der Waals surface area contributed by atoms with Crippen LogP contribution in [-0.4, -0.2) is 82.8 Å². The van der Waals surface area contributed by atoms with Gasteiger partial charge in [0.1, 0.15) is 9.79 Å². The number of H-pyrrole nitrogens is 1. The van der Waals surface area contributed by atoms with Crippen LogP contribution in [0.2, 0.25) is 0 Å². The Morgan fingerprint density at radius 1 is 1.10 bits per heavy atom. The van der Waals surface area contributed by atoms with E-state index in [0.717, 1.165) is 0 Å². The summed E-state index contributed by atoms with van der Waals surface area (Å²) in [7, 11) is -8.64. The predicted octanol–water partition coefficient (Wildman–Crippen LogP) is -2.44. The number of aromatic amines is 1. The minimum atomic E-state index is -4.46. The summed E-state index contributed by atoms with van der Waals surface area (Å²) < 4.78 is 54.1. The molecule has 13 nitrogen and oxygen atoms in total. The van der Waals surface area contributed by atoms with Gasteiger partial charge in [0.25, 0.3) is 0 Å². The highest BCUT2D eigenvalue weighted by Crippen LogP contribution is 2.38. The molecule has 1 aromatic heterocycles. The lowest BCUT2D eigenvalue weighted by molar-refractivity contribution is 0.555. The first-order valence-corrected chi connectivity index (χ1v) is 12.4. The van der Waals surface area contributed by atoms with E-state index in [1.54, 1.807) is 6.07 Å². The summed E-state index contributed by atoms with van der Waals surface area (Å²) in [5.74, 6) is 0.0205. The summed E-state index contributed by atoms with van der Waals surface area (Å²) in [4.78, 5) is 0.978. The van der Waals surface area contributed by atoms with Crippen LogP contribution in [0.5, 0.6) is 0 Å². The molecule has 30 heavy (non-hydrogen) atoms. The van der Waals surface area contributed by atoms with E-state index in [-0.39, 0.29) is 17.4 Å². The van der Waals surface area contributed by atoms with Crippen molar-refractivity contribution in [3.8, 4) is 11.4 Å². The van der Waals surface area contributed by atoms with Gasteiger partial charge in [0, 0.05) is 44.5 Å². The normalized spacial score (nSPS) is 20.6. The van der Waals surface area contributed by atoms with E-state index >= 15 is 0 Å². The zero-order valence-electron chi connectivity index (χ0n) is 16.0. The van der Waals surface area contributed by atoms with E-state index in [1.807, 2.05) is 4.90 Å². The summed E-state index contributed by atoms with van der Waals surface area (Å²) in [5.41, 5.74) is 0.525. The number of sulfonamides is 2. The fourth-order valence-electron chi connectivity index (χ4n) is 3.75. The van der Waals surface area contributed by atoms with Gasteiger partial charge in [0.05, 0.1) is 5.56 Å². The molecule has 3 heterocycles. The van der Waals surface area contributed by atoms with Crippen LogP contribution in [0, 0.1) is 0 Å². The van der Waals surface area contributed by atoms with Crippen molar-refractivity contribution >= 4 is 25.7 Å². The Bertz CT molecular complexity index is 1110. The molecule has 15 heteroatoms. The third kappa shape index (κ3) is 4.17. The van der Waals surface area contributed by atoms with Gasteiger partial charge in [-0.1, -0.05) is 0 Å². The first-order valence-electron chi connectivity index (χ1n) is 9.40.